The second-order valence-corrected chi connectivity index (χ2v) is 9.26. The van der Waals surface area contributed by atoms with E-state index in [0.29, 0.717) is 49.2 Å². The normalized spacial score (nSPS) is 15.3. The highest BCUT2D eigenvalue weighted by Gasteiger charge is 2.29. The summed E-state index contributed by atoms with van der Waals surface area (Å²) in [6.07, 6.45) is 0.739. The number of nitrogens with one attached hydrogen (secondary N) is 2. The Hall–Kier alpha value is -3.59. The number of hydrogen-bond acceptors (Lipinski definition) is 6. The van der Waals surface area contributed by atoms with Crippen LogP contribution in [0.25, 0.3) is 0 Å². The van der Waals surface area contributed by atoms with Gasteiger partial charge in [0.15, 0.2) is 0 Å². The molecule has 2 amide bonds. The van der Waals surface area contributed by atoms with Crippen LogP contribution in [0.1, 0.15) is 22.3 Å². The Morgan fingerprint density at radius 3 is 2.58 bits per heavy atom. The Morgan fingerprint density at radius 2 is 1.82 bits per heavy atom. The molecule has 3 aromatic carbocycles. The first-order valence-corrected chi connectivity index (χ1v) is 12.9. The number of halogens is 1. The number of nitrogens with zero attached hydrogens (tertiary/aromatic N) is 1. The van der Waals surface area contributed by atoms with E-state index < -0.39 is 0 Å². The lowest BCUT2D eigenvalue weighted by Crippen LogP contribution is -2.58. The molecule has 0 spiro atoms. The molecule has 0 unspecified atom stereocenters. The largest absolute Gasteiger partial charge is 0.496 e. The van der Waals surface area contributed by atoms with Gasteiger partial charge in [0.2, 0.25) is 5.91 Å². The number of carbonyl (C=O) groups is 2. The molecule has 3 aromatic rings. The van der Waals surface area contributed by atoms with Gasteiger partial charge in [-0.25, -0.2) is 0 Å². The van der Waals surface area contributed by atoms with Crippen LogP contribution in [0.5, 0.6) is 11.5 Å². The number of benzene rings is 3. The van der Waals surface area contributed by atoms with Crippen molar-refractivity contribution in [3.63, 3.8) is 0 Å². The van der Waals surface area contributed by atoms with Crippen LogP contribution in [-0.4, -0.2) is 57.8 Å². The molecule has 1 heterocycles. The molecule has 1 fully saturated rings. The van der Waals surface area contributed by atoms with E-state index in [2.05, 4.69) is 10.6 Å². The van der Waals surface area contributed by atoms with Crippen molar-refractivity contribution in [3.8, 4) is 11.5 Å². The van der Waals surface area contributed by atoms with Gasteiger partial charge in [-0.1, -0.05) is 29.8 Å². The van der Waals surface area contributed by atoms with Crippen molar-refractivity contribution in [2.75, 3.05) is 44.9 Å². The van der Waals surface area contributed by atoms with E-state index in [0.717, 1.165) is 23.4 Å². The van der Waals surface area contributed by atoms with Crippen LogP contribution in [0, 0.1) is 0 Å². The number of rotatable bonds is 12. The number of ether oxygens (including phenoxy) is 3. The van der Waals surface area contributed by atoms with Gasteiger partial charge in [-0.05, 0) is 54.6 Å². The van der Waals surface area contributed by atoms with Gasteiger partial charge in [-0.15, -0.1) is 0 Å². The summed E-state index contributed by atoms with van der Waals surface area (Å²) < 4.78 is 16.9. The summed E-state index contributed by atoms with van der Waals surface area (Å²) in [5.74, 6) is 1.27. The van der Waals surface area contributed by atoms with Gasteiger partial charge in [-0.2, -0.15) is 0 Å². The molecule has 1 atom stereocenters. The standard InChI is InChI=1S/C29H32ClN3O5/c1-36-27-6-3-2-5-22(27)20-37-15-4-16-38-26-13-11-24(12-14-26)33-25(17-31-19-28(33)34)18-32-29(35)21-7-9-23(30)10-8-21/h2-3,5-14,25,31H,4,15-20H2,1H3,(H,32,35)/t25-/m1/s1. The zero-order valence-corrected chi connectivity index (χ0v) is 22.1. The highest BCUT2D eigenvalue weighted by Crippen LogP contribution is 2.23. The number of piperazine rings is 1. The molecule has 1 aliphatic rings. The fourth-order valence-corrected chi connectivity index (χ4v) is 4.34. The van der Waals surface area contributed by atoms with E-state index in [4.69, 9.17) is 25.8 Å². The Labute approximate surface area is 227 Å². The molecule has 0 radical (unpaired) electrons. The highest BCUT2D eigenvalue weighted by molar-refractivity contribution is 6.30. The number of anilines is 1. The second-order valence-electron chi connectivity index (χ2n) is 8.83. The molecule has 1 aliphatic heterocycles. The molecule has 9 heteroatoms. The van der Waals surface area contributed by atoms with Crippen LogP contribution in [0.15, 0.2) is 72.8 Å². The smallest absolute Gasteiger partial charge is 0.251 e. The third-order valence-corrected chi connectivity index (χ3v) is 6.41. The first kappa shape index (κ1) is 27.4. The minimum absolute atomic E-state index is 0.0529. The molecule has 200 valence electrons. The quantitative estimate of drug-likeness (QED) is 0.339. The van der Waals surface area contributed by atoms with E-state index in [1.165, 1.54) is 0 Å². The first-order valence-electron chi connectivity index (χ1n) is 12.5. The van der Waals surface area contributed by atoms with Gasteiger partial charge in [0.05, 0.1) is 39.5 Å². The predicted molar refractivity (Wildman–Crippen MR) is 147 cm³/mol. The average molecular weight is 538 g/mol. The van der Waals surface area contributed by atoms with E-state index >= 15 is 0 Å². The average Bonchev–Trinajstić information content (AvgIpc) is 2.94. The van der Waals surface area contributed by atoms with Gasteiger partial charge in [0.25, 0.3) is 5.91 Å². The minimum Gasteiger partial charge on any atom is -0.496 e. The summed E-state index contributed by atoms with van der Waals surface area (Å²) in [6, 6.07) is 21.7. The van der Waals surface area contributed by atoms with Gasteiger partial charge < -0.3 is 29.7 Å². The summed E-state index contributed by atoms with van der Waals surface area (Å²) in [6.45, 7) is 2.69. The van der Waals surface area contributed by atoms with Crippen molar-refractivity contribution in [1.82, 2.24) is 10.6 Å². The third-order valence-electron chi connectivity index (χ3n) is 6.16. The molecule has 2 N–H and O–H groups in total. The van der Waals surface area contributed by atoms with Crippen molar-refractivity contribution >= 4 is 29.1 Å². The molecular formula is C29H32ClN3O5. The van der Waals surface area contributed by atoms with Crippen LogP contribution in [0.2, 0.25) is 5.02 Å². The monoisotopic (exact) mass is 537 g/mol. The molecular weight excluding hydrogens is 506 g/mol. The summed E-state index contributed by atoms with van der Waals surface area (Å²) in [4.78, 5) is 27.0. The van der Waals surface area contributed by atoms with Gasteiger partial charge in [0.1, 0.15) is 11.5 Å². The molecule has 4 rings (SSSR count). The third kappa shape index (κ3) is 7.47. The maximum absolute atomic E-state index is 12.7. The fraction of sp³-hybridized carbons (Fsp3) is 0.310. The molecule has 38 heavy (non-hydrogen) atoms. The topological polar surface area (TPSA) is 89.1 Å². The van der Waals surface area contributed by atoms with Crippen LogP contribution in [-0.2, 0) is 16.1 Å². The first-order chi connectivity index (χ1) is 18.5. The molecule has 0 bridgehead atoms. The maximum Gasteiger partial charge on any atom is 0.251 e. The highest BCUT2D eigenvalue weighted by atomic mass is 35.5. The minimum atomic E-state index is -0.223. The lowest BCUT2D eigenvalue weighted by atomic mass is 10.1. The van der Waals surface area contributed by atoms with Crippen LogP contribution in [0.4, 0.5) is 5.69 Å². The van der Waals surface area contributed by atoms with Crippen molar-refractivity contribution in [2.45, 2.75) is 19.1 Å². The number of carbonyl (C=O) groups excluding carboxylic acids is 2. The molecule has 0 aromatic heterocycles. The molecule has 8 nitrogen and oxygen atoms in total. The summed E-state index contributed by atoms with van der Waals surface area (Å²) in [7, 11) is 1.65. The van der Waals surface area contributed by atoms with Crippen molar-refractivity contribution < 1.29 is 23.8 Å². The summed E-state index contributed by atoms with van der Waals surface area (Å²) >= 11 is 5.91. The van der Waals surface area contributed by atoms with Crippen molar-refractivity contribution in [1.29, 1.82) is 0 Å². The van der Waals surface area contributed by atoms with Gasteiger partial charge in [-0.3, -0.25) is 9.59 Å². The Morgan fingerprint density at radius 1 is 1.05 bits per heavy atom. The van der Waals surface area contributed by atoms with Crippen molar-refractivity contribution in [2.24, 2.45) is 0 Å². The fourth-order valence-electron chi connectivity index (χ4n) is 4.22. The van der Waals surface area contributed by atoms with E-state index in [-0.39, 0.29) is 24.4 Å². The van der Waals surface area contributed by atoms with E-state index in [9.17, 15) is 9.59 Å². The zero-order valence-electron chi connectivity index (χ0n) is 21.3. The van der Waals surface area contributed by atoms with Gasteiger partial charge >= 0.3 is 0 Å². The SMILES string of the molecule is COc1ccccc1COCCCOc1ccc(N2C(=O)CNC[C@@H]2CNC(=O)c2ccc(Cl)cc2)cc1. The maximum atomic E-state index is 12.7. The van der Waals surface area contributed by atoms with Crippen LogP contribution < -0.4 is 25.0 Å². The Bertz CT molecular complexity index is 1200. The molecule has 1 saturated heterocycles. The summed E-state index contributed by atoms with van der Waals surface area (Å²) in [5, 5.41) is 6.62. The van der Waals surface area contributed by atoms with E-state index in [1.807, 2.05) is 48.5 Å². The molecule has 0 aliphatic carbocycles. The lowest BCUT2D eigenvalue weighted by molar-refractivity contribution is -0.119. The number of amides is 2. The Balaban J connectivity index is 1.24. The van der Waals surface area contributed by atoms with Crippen LogP contribution in [0.3, 0.4) is 0 Å². The predicted octanol–water partition coefficient (Wildman–Crippen LogP) is 4.07. The second kappa shape index (κ2) is 13.8. The van der Waals surface area contributed by atoms with Crippen molar-refractivity contribution in [3.05, 3.63) is 88.9 Å². The zero-order chi connectivity index (χ0) is 26.7. The number of methoxy groups -OCH3 is 1. The summed E-state index contributed by atoms with van der Waals surface area (Å²) in [5.41, 5.74) is 2.29. The van der Waals surface area contributed by atoms with E-state index in [1.54, 1.807) is 36.3 Å². The lowest BCUT2D eigenvalue weighted by Gasteiger charge is -2.36. The van der Waals surface area contributed by atoms with Crippen LogP contribution >= 0.6 is 11.6 Å². The molecule has 0 saturated carbocycles. The Kier molecular flexibility index (Phi) is 9.97. The van der Waals surface area contributed by atoms with Gasteiger partial charge in [0, 0.05) is 41.3 Å². The number of hydrogen-bond donors (Lipinski definition) is 2. The number of para-hydroxylation sites is 1.